The molecule has 5 rings (SSSR count). The number of nitrogens with one attached hydrogen (secondary N) is 2. The number of nitrogens with zero attached hydrogens (tertiary/aromatic N) is 3. The number of hydrogen-bond acceptors (Lipinski definition) is 7. The highest BCUT2D eigenvalue weighted by molar-refractivity contribution is 6.31. The molecular weight excluding hydrogens is 538 g/mol. The maximum atomic E-state index is 12.5. The number of piperidine rings is 1. The molecule has 0 bridgehead atoms. The molecule has 1 fully saturated rings. The summed E-state index contributed by atoms with van der Waals surface area (Å²) in [5, 5.41) is 17.1. The van der Waals surface area contributed by atoms with Crippen molar-refractivity contribution in [2.75, 3.05) is 37.4 Å². The normalized spacial score (nSPS) is 18.6. The van der Waals surface area contributed by atoms with Crippen LogP contribution in [0.4, 0.5) is 17.3 Å². The van der Waals surface area contributed by atoms with Crippen LogP contribution in [0, 0.1) is 0 Å². The Kier molecular flexibility index (Phi) is 8.28. The number of β-amino-alcohol motifs (C(OH)–C–C–N with tert-alkyl or cyclic N) is 1. The molecule has 2 aromatic carbocycles. The van der Waals surface area contributed by atoms with Gasteiger partial charge in [0.05, 0.1) is 40.7 Å². The van der Waals surface area contributed by atoms with Crippen molar-refractivity contribution in [1.29, 1.82) is 0 Å². The Labute approximate surface area is 247 Å². The number of rotatable bonds is 9. The zero-order chi connectivity index (χ0) is 29.4. The number of ether oxygens (including phenoxy) is 1. The molecule has 1 saturated heterocycles. The summed E-state index contributed by atoms with van der Waals surface area (Å²) in [4.78, 5) is 24.0. The van der Waals surface area contributed by atoms with E-state index in [1.807, 2.05) is 45.9 Å². The SMILES string of the molecule is COc1cc(C2CCCN(CC(C)(C)O)C2)ccc1Nc1ncc(Cl)c(CCc2cccc3c2C(C)(C)C(=O)N3)n1. The van der Waals surface area contributed by atoms with Crippen molar-refractivity contribution in [3.05, 3.63) is 70.0 Å². The van der Waals surface area contributed by atoms with Crippen LogP contribution in [-0.2, 0) is 23.1 Å². The van der Waals surface area contributed by atoms with Gasteiger partial charge in [-0.3, -0.25) is 9.69 Å². The summed E-state index contributed by atoms with van der Waals surface area (Å²) in [6.45, 7) is 10.2. The Morgan fingerprint density at radius 3 is 2.80 bits per heavy atom. The van der Waals surface area contributed by atoms with Gasteiger partial charge in [-0.15, -0.1) is 0 Å². The highest BCUT2D eigenvalue weighted by Crippen LogP contribution is 2.40. The number of aromatic nitrogens is 2. The molecule has 0 aliphatic carbocycles. The molecule has 1 amide bonds. The number of hydrogen-bond donors (Lipinski definition) is 3. The first-order chi connectivity index (χ1) is 19.4. The number of likely N-dealkylation sites (tertiary alicyclic amines) is 1. The smallest absolute Gasteiger partial charge is 0.234 e. The zero-order valence-electron chi connectivity index (χ0n) is 24.6. The van der Waals surface area contributed by atoms with Crippen molar-refractivity contribution in [2.24, 2.45) is 0 Å². The van der Waals surface area contributed by atoms with Crippen molar-refractivity contribution in [3.8, 4) is 5.75 Å². The minimum absolute atomic E-state index is 0.0152. The third-order valence-electron chi connectivity index (χ3n) is 8.10. The number of fused-ring (bicyclic) bond motifs is 1. The van der Waals surface area contributed by atoms with Crippen LogP contribution in [0.3, 0.4) is 0 Å². The van der Waals surface area contributed by atoms with Crippen LogP contribution in [0.25, 0.3) is 0 Å². The van der Waals surface area contributed by atoms with E-state index in [0.29, 0.717) is 36.3 Å². The van der Waals surface area contributed by atoms with Gasteiger partial charge in [-0.1, -0.05) is 29.8 Å². The predicted octanol–water partition coefficient (Wildman–Crippen LogP) is 5.85. The number of carbonyl (C=O) groups excluding carboxylic acids is 1. The van der Waals surface area contributed by atoms with Crippen LogP contribution < -0.4 is 15.4 Å². The zero-order valence-corrected chi connectivity index (χ0v) is 25.3. The predicted molar refractivity (Wildman–Crippen MR) is 164 cm³/mol. The minimum atomic E-state index is -0.710. The van der Waals surface area contributed by atoms with E-state index in [4.69, 9.17) is 21.3 Å². The number of carbonyl (C=O) groups is 1. The van der Waals surface area contributed by atoms with Crippen molar-refractivity contribution in [1.82, 2.24) is 14.9 Å². The summed E-state index contributed by atoms with van der Waals surface area (Å²) in [6.07, 6.45) is 5.13. The number of benzene rings is 2. The van der Waals surface area contributed by atoms with Gasteiger partial charge >= 0.3 is 0 Å². The molecule has 9 heteroatoms. The van der Waals surface area contributed by atoms with Crippen molar-refractivity contribution in [2.45, 2.75) is 70.3 Å². The second-order valence-corrected chi connectivity index (χ2v) is 12.8. The first kappa shape index (κ1) is 29.3. The second kappa shape index (κ2) is 11.6. The van der Waals surface area contributed by atoms with E-state index in [2.05, 4.69) is 38.7 Å². The van der Waals surface area contributed by atoms with E-state index in [9.17, 15) is 9.90 Å². The largest absolute Gasteiger partial charge is 0.495 e. The lowest BCUT2D eigenvalue weighted by molar-refractivity contribution is -0.119. The Morgan fingerprint density at radius 1 is 1.24 bits per heavy atom. The summed E-state index contributed by atoms with van der Waals surface area (Å²) < 4.78 is 5.76. The lowest BCUT2D eigenvalue weighted by Gasteiger charge is -2.36. The Morgan fingerprint density at radius 2 is 2.05 bits per heavy atom. The van der Waals surface area contributed by atoms with E-state index in [0.717, 1.165) is 59.9 Å². The van der Waals surface area contributed by atoms with Gasteiger partial charge < -0.3 is 20.5 Å². The van der Waals surface area contributed by atoms with Crippen LogP contribution in [0.15, 0.2) is 42.6 Å². The van der Waals surface area contributed by atoms with Crippen molar-refractivity contribution < 1.29 is 14.6 Å². The lowest BCUT2D eigenvalue weighted by atomic mass is 9.82. The molecule has 0 spiro atoms. The topological polar surface area (TPSA) is 99.6 Å². The molecule has 8 nitrogen and oxygen atoms in total. The number of aliphatic hydroxyl groups is 1. The molecule has 3 N–H and O–H groups in total. The fraction of sp³-hybridized carbons (Fsp3) is 0.469. The maximum absolute atomic E-state index is 12.5. The summed E-state index contributed by atoms with van der Waals surface area (Å²) in [7, 11) is 1.67. The summed E-state index contributed by atoms with van der Waals surface area (Å²) in [5.74, 6) is 1.56. The van der Waals surface area contributed by atoms with Gasteiger partial charge in [0.2, 0.25) is 11.9 Å². The molecule has 3 heterocycles. The molecule has 3 aromatic rings. The van der Waals surface area contributed by atoms with Crippen molar-refractivity contribution >= 4 is 34.8 Å². The van der Waals surface area contributed by atoms with Crippen LogP contribution in [0.2, 0.25) is 5.02 Å². The first-order valence-corrected chi connectivity index (χ1v) is 14.7. The van der Waals surface area contributed by atoms with E-state index in [1.165, 1.54) is 5.56 Å². The second-order valence-electron chi connectivity index (χ2n) is 12.4. The molecule has 41 heavy (non-hydrogen) atoms. The van der Waals surface area contributed by atoms with E-state index < -0.39 is 11.0 Å². The average Bonchev–Trinajstić information content (AvgIpc) is 3.16. The summed E-state index contributed by atoms with van der Waals surface area (Å²) in [5.41, 5.74) is 4.47. The van der Waals surface area contributed by atoms with Crippen LogP contribution in [0.5, 0.6) is 5.75 Å². The number of anilines is 3. The van der Waals surface area contributed by atoms with E-state index in [1.54, 1.807) is 13.3 Å². The molecule has 0 saturated carbocycles. The van der Waals surface area contributed by atoms with Gasteiger partial charge in [0.15, 0.2) is 0 Å². The molecule has 1 aromatic heterocycles. The van der Waals surface area contributed by atoms with Gasteiger partial charge in [0, 0.05) is 18.8 Å². The van der Waals surface area contributed by atoms with Gasteiger partial charge in [0.1, 0.15) is 5.75 Å². The van der Waals surface area contributed by atoms with Crippen LogP contribution in [-0.4, -0.2) is 58.2 Å². The quantitative estimate of drug-likeness (QED) is 0.293. The fourth-order valence-electron chi connectivity index (χ4n) is 6.14. The third kappa shape index (κ3) is 6.50. The molecular formula is C32H40ClN5O3. The standard InChI is InChI=1S/C32H40ClN5O3/c1-31(2,40)19-38-15-7-9-22(18-38)21-12-14-25(27(16-21)41-5)37-30-34-17-23(33)24(36-30)13-11-20-8-6-10-26-28(20)32(3,4)29(39)35-26/h6,8,10,12,14,16-17,22,40H,7,9,11,13,15,18-19H2,1-5H3,(H,35,39)(H,34,36,37). The third-order valence-corrected chi connectivity index (χ3v) is 8.41. The number of halogens is 1. The van der Waals surface area contributed by atoms with Gasteiger partial charge in [-0.05, 0) is 101 Å². The Balaban J connectivity index is 1.30. The van der Waals surface area contributed by atoms with Crippen LogP contribution in [0.1, 0.15) is 68.8 Å². The molecule has 1 atom stereocenters. The average molecular weight is 578 g/mol. The number of amides is 1. The van der Waals surface area contributed by atoms with Gasteiger partial charge in [0.25, 0.3) is 0 Å². The lowest BCUT2D eigenvalue weighted by Crippen LogP contribution is -2.43. The maximum Gasteiger partial charge on any atom is 0.234 e. The summed E-state index contributed by atoms with van der Waals surface area (Å²) in [6, 6.07) is 12.2. The minimum Gasteiger partial charge on any atom is -0.495 e. The molecule has 0 radical (unpaired) electrons. The van der Waals surface area contributed by atoms with E-state index in [-0.39, 0.29) is 5.91 Å². The Hall–Kier alpha value is -3.20. The highest BCUT2D eigenvalue weighted by atomic mass is 35.5. The molecule has 2 aliphatic rings. The fourth-order valence-corrected chi connectivity index (χ4v) is 6.32. The highest BCUT2D eigenvalue weighted by Gasteiger charge is 2.39. The monoisotopic (exact) mass is 577 g/mol. The first-order valence-electron chi connectivity index (χ1n) is 14.3. The number of methoxy groups -OCH3 is 1. The van der Waals surface area contributed by atoms with Crippen LogP contribution >= 0.6 is 11.6 Å². The van der Waals surface area contributed by atoms with Gasteiger partial charge in [-0.25, -0.2) is 9.97 Å². The molecule has 2 aliphatic heterocycles. The summed E-state index contributed by atoms with van der Waals surface area (Å²) >= 11 is 6.52. The van der Waals surface area contributed by atoms with E-state index >= 15 is 0 Å². The van der Waals surface area contributed by atoms with Gasteiger partial charge in [-0.2, -0.15) is 0 Å². The Bertz CT molecular complexity index is 1440. The molecule has 218 valence electrons. The van der Waals surface area contributed by atoms with Crippen molar-refractivity contribution in [3.63, 3.8) is 0 Å². The molecule has 1 unspecified atom stereocenters. The number of aryl methyl sites for hydroxylation is 2.